The second kappa shape index (κ2) is 9.37. The molecular formula is C21H28N2O4S. The lowest BCUT2D eigenvalue weighted by Gasteiger charge is -2.26. The normalized spacial score (nSPS) is 19.6. The summed E-state index contributed by atoms with van der Waals surface area (Å²) in [6, 6.07) is 5.22. The number of rotatable bonds is 6. The van der Waals surface area contributed by atoms with Crippen molar-refractivity contribution in [3.63, 3.8) is 0 Å². The van der Waals surface area contributed by atoms with Crippen LogP contribution in [0.2, 0.25) is 0 Å². The van der Waals surface area contributed by atoms with E-state index < -0.39 is 0 Å². The molecule has 0 N–H and O–H groups in total. The zero-order valence-corrected chi connectivity index (χ0v) is 17.5. The molecule has 1 atom stereocenters. The van der Waals surface area contributed by atoms with E-state index >= 15 is 0 Å². The number of hydrogen-bond donors (Lipinski definition) is 0. The highest BCUT2D eigenvalue weighted by Gasteiger charge is 2.36. The molecule has 0 spiro atoms. The molecule has 0 aliphatic carbocycles. The molecule has 2 fully saturated rings. The van der Waals surface area contributed by atoms with Crippen molar-refractivity contribution in [1.29, 1.82) is 0 Å². The molecule has 28 heavy (non-hydrogen) atoms. The zero-order valence-electron chi connectivity index (χ0n) is 16.7. The van der Waals surface area contributed by atoms with Crippen molar-refractivity contribution >= 4 is 29.7 Å². The minimum atomic E-state index is -0.350. The molecule has 1 aromatic rings. The first-order valence-corrected chi connectivity index (χ1v) is 10.8. The Morgan fingerprint density at radius 1 is 1.21 bits per heavy atom. The Labute approximate surface area is 170 Å². The fourth-order valence-corrected chi connectivity index (χ4v) is 4.57. The van der Waals surface area contributed by atoms with E-state index in [0.717, 1.165) is 31.5 Å². The number of nitrogens with zero attached hydrogens (tertiary/aromatic N) is 2. The van der Waals surface area contributed by atoms with Gasteiger partial charge in [-0.1, -0.05) is 6.07 Å². The summed E-state index contributed by atoms with van der Waals surface area (Å²) in [6.07, 6.45) is 5.45. The van der Waals surface area contributed by atoms with Crippen LogP contribution in [0.25, 0.3) is 6.08 Å². The van der Waals surface area contributed by atoms with Crippen LogP contribution in [0, 0.1) is 0 Å². The van der Waals surface area contributed by atoms with Crippen molar-refractivity contribution in [3.8, 4) is 11.5 Å². The predicted molar refractivity (Wildman–Crippen MR) is 112 cm³/mol. The van der Waals surface area contributed by atoms with Crippen molar-refractivity contribution in [2.75, 3.05) is 31.8 Å². The predicted octanol–water partition coefficient (Wildman–Crippen LogP) is 3.02. The van der Waals surface area contributed by atoms with Gasteiger partial charge in [0.15, 0.2) is 11.5 Å². The fraction of sp³-hybridized carbons (Fsp3) is 0.524. The molecule has 7 heteroatoms. The summed E-state index contributed by atoms with van der Waals surface area (Å²) in [5.41, 5.74) is 0.843. The first-order chi connectivity index (χ1) is 13.5. The van der Waals surface area contributed by atoms with Gasteiger partial charge in [0.05, 0.1) is 19.1 Å². The second-order valence-corrected chi connectivity index (χ2v) is 8.27. The molecule has 2 saturated heterocycles. The Kier molecular flexibility index (Phi) is 6.88. The highest BCUT2D eigenvalue weighted by atomic mass is 32.2. The van der Waals surface area contributed by atoms with E-state index in [1.807, 2.05) is 36.9 Å². The number of ether oxygens (including phenoxy) is 2. The van der Waals surface area contributed by atoms with Crippen LogP contribution in [0.5, 0.6) is 11.5 Å². The molecule has 6 nitrogen and oxygen atoms in total. The van der Waals surface area contributed by atoms with Crippen LogP contribution in [0.4, 0.5) is 0 Å². The molecule has 1 aromatic carbocycles. The van der Waals surface area contributed by atoms with Gasteiger partial charge >= 0.3 is 0 Å². The summed E-state index contributed by atoms with van der Waals surface area (Å²) in [5, 5.41) is 0. The Hall–Kier alpha value is -2.15. The van der Waals surface area contributed by atoms with Crippen LogP contribution >= 0.6 is 11.8 Å². The molecule has 2 aliphatic heterocycles. The molecule has 2 heterocycles. The van der Waals surface area contributed by atoms with Gasteiger partial charge in [-0.05, 0) is 50.5 Å². The van der Waals surface area contributed by atoms with Gasteiger partial charge in [0.2, 0.25) is 11.8 Å². The van der Waals surface area contributed by atoms with E-state index in [1.54, 1.807) is 29.8 Å². The molecule has 0 unspecified atom stereocenters. The highest BCUT2D eigenvalue weighted by Crippen LogP contribution is 2.30. The maximum Gasteiger partial charge on any atom is 0.247 e. The summed E-state index contributed by atoms with van der Waals surface area (Å²) < 4.78 is 11.1. The number of likely N-dealkylation sites (tertiary alicyclic amines) is 1. The average molecular weight is 405 g/mol. The smallest absolute Gasteiger partial charge is 0.247 e. The molecule has 0 radical (unpaired) electrons. The number of thioether (sulfide) groups is 1. The van der Waals surface area contributed by atoms with E-state index in [0.29, 0.717) is 23.1 Å². The van der Waals surface area contributed by atoms with Gasteiger partial charge in [-0.2, -0.15) is 0 Å². The number of methoxy groups -OCH3 is 1. The van der Waals surface area contributed by atoms with Crippen LogP contribution in [-0.4, -0.2) is 65.6 Å². The van der Waals surface area contributed by atoms with Crippen LogP contribution in [0.15, 0.2) is 24.3 Å². The maximum atomic E-state index is 12.7. The molecule has 0 saturated carbocycles. The van der Waals surface area contributed by atoms with E-state index in [2.05, 4.69) is 0 Å². The average Bonchev–Trinajstić information content (AvgIpc) is 3.37. The number of carbonyl (C=O) groups is 2. The molecule has 2 amide bonds. The lowest BCUT2D eigenvalue weighted by molar-refractivity contribution is -0.140. The fourth-order valence-electron chi connectivity index (χ4n) is 3.42. The third kappa shape index (κ3) is 4.82. The van der Waals surface area contributed by atoms with Crippen molar-refractivity contribution < 1.29 is 19.1 Å². The molecule has 0 aromatic heterocycles. The zero-order chi connectivity index (χ0) is 20.1. The number of carbonyl (C=O) groups excluding carboxylic acids is 2. The van der Waals surface area contributed by atoms with Crippen molar-refractivity contribution in [2.24, 2.45) is 0 Å². The standard InChI is InChI=1S/C21H28N2O4S/c1-15(2)27-18-8-6-16(12-19(18)26-3)7-9-20(24)23-14-28-13-17(23)21(25)22-10-4-5-11-22/h6-9,12,15,17H,4-5,10-11,13-14H2,1-3H3/b9-7-/t17-/m0/s1. The minimum Gasteiger partial charge on any atom is -0.493 e. The first-order valence-electron chi connectivity index (χ1n) is 9.69. The monoisotopic (exact) mass is 404 g/mol. The summed E-state index contributed by atoms with van der Waals surface area (Å²) in [7, 11) is 1.59. The van der Waals surface area contributed by atoms with Crippen molar-refractivity contribution in [1.82, 2.24) is 9.80 Å². The van der Waals surface area contributed by atoms with Gasteiger partial charge in [0, 0.05) is 24.9 Å². The van der Waals surface area contributed by atoms with Crippen LogP contribution < -0.4 is 9.47 Å². The SMILES string of the molecule is COc1cc(/C=C\C(=O)N2CSC[C@H]2C(=O)N2CCCC2)ccc1OC(C)C. The Morgan fingerprint density at radius 2 is 1.96 bits per heavy atom. The summed E-state index contributed by atoms with van der Waals surface area (Å²) in [6.45, 7) is 5.53. The van der Waals surface area contributed by atoms with Crippen molar-refractivity contribution in [2.45, 2.75) is 38.8 Å². The van der Waals surface area contributed by atoms with Gasteiger partial charge in [-0.3, -0.25) is 9.59 Å². The van der Waals surface area contributed by atoms with E-state index in [-0.39, 0.29) is 24.0 Å². The lowest BCUT2D eigenvalue weighted by atomic mass is 10.1. The van der Waals surface area contributed by atoms with Gasteiger partial charge in [0.25, 0.3) is 0 Å². The molecule has 152 valence electrons. The van der Waals surface area contributed by atoms with E-state index in [4.69, 9.17) is 9.47 Å². The number of benzene rings is 1. The molecule has 2 aliphatic rings. The Morgan fingerprint density at radius 3 is 2.64 bits per heavy atom. The van der Waals surface area contributed by atoms with Crippen molar-refractivity contribution in [3.05, 3.63) is 29.8 Å². The third-order valence-electron chi connectivity index (χ3n) is 4.84. The largest absolute Gasteiger partial charge is 0.493 e. The first kappa shape index (κ1) is 20.6. The van der Waals surface area contributed by atoms with Crippen LogP contribution in [0.3, 0.4) is 0 Å². The van der Waals surface area contributed by atoms with Gasteiger partial charge < -0.3 is 19.3 Å². The number of amides is 2. The van der Waals surface area contributed by atoms with Crippen LogP contribution in [0.1, 0.15) is 32.3 Å². The Bertz CT molecular complexity index is 744. The topological polar surface area (TPSA) is 59.1 Å². The highest BCUT2D eigenvalue weighted by molar-refractivity contribution is 7.99. The summed E-state index contributed by atoms with van der Waals surface area (Å²) >= 11 is 1.63. The van der Waals surface area contributed by atoms with E-state index in [9.17, 15) is 9.59 Å². The Balaban J connectivity index is 1.67. The maximum absolute atomic E-state index is 12.7. The van der Waals surface area contributed by atoms with Gasteiger partial charge in [0.1, 0.15) is 6.04 Å². The lowest BCUT2D eigenvalue weighted by Crippen LogP contribution is -2.47. The third-order valence-corrected chi connectivity index (χ3v) is 5.85. The number of hydrogen-bond acceptors (Lipinski definition) is 5. The molecule has 3 rings (SSSR count). The summed E-state index contributed by atoms with van der Waals surface area (Å²) in [5.74, 6) is 2.47. The molecule has 0 bridgehead atoms. The minimum absolute atomic E-state index is 0.0506. The van der Waals surface area contributed by atoms with Gasteiger partial charge in [-0.15, -0.1) is 11.8 Å². The van der Waals surface area contributed by atoms with Crippen LogP contribution in [-0.2, 0) is 9.59 Å². The summed E-state index contributed by atoms with van der Waals surface area (Å²) in [4.78, 5) is 29.0. The molecular weight excluding hydrogens is 376 g/mol. The second-order valence-electron chi connectivity index (χ2n) is 7.27. The quantitative estimate of drug-likeness (QED) is 0.682. The van der Waals surface area contributed by atoms with Gasteiger partial charge in [-0.25, -0.2) is 0 Å². The van der Waals surface area contributed by atoms with E-state index in [1.165, 1.54) is 6.08 Å².